The van der Waals surface area contributed by atoms with Crippen molar-refractivity contribution in [3.05, 3.63) is 52.7 Å². The second-order valence-electron chi connectivity index (χ2n) is 5.03. The predicted molar refractivity (Wildman–Crippen MR) is 79.1 cm³/mol. The number of hydrogen-bond acceptors (Lipinski definition) is 4. The lowest BCUT2D eigenvalue weighted by atomic mass is 10.2. The van der Waals surface area contributed by atoms with E-state index in [0.717, 1.165) is 24.9 Å². The van der Waals surface area contributed by atoms with E-state index in [0.29, 0.717) is 23.2 Å². The monoisotopic (exact) mass is 305 g/mol. The summed E-state index contributed by atoms with van der Waals surface area (Å²) >= 11 is 5.82. The molecule has 1 fully saturated rings. The van der Waals surface area contributed by atoms with Gasteiger partial charge in [-0.1, -0.05) is 23.7 Å². The number of halogens is 1. The van der Waals surface area contributed by atoms with Crippen LogP contribution in [0.1, 0.15) is 40.8 Å². The minimum absolute atomic E-state index is 0.128. The third-order valence-electron chi connectivity index (χ3n) is 3.48. The Labute approximate surface area is 127 Å². The van der Waals surface area contributed by atoms with E-state index in [9.17, 15) is 4.79 Å². The normalized spacial score (nSPS) is 17.9. The topological polar surface area (TPSA) is 67.2 Å². The molecule has 0 spiro atoms. The Kier molecular flexibility index (Phi) is 4.22. The summed E-state index contributed by atoms with van der Waals surface area (Å²) < 4.78 is 5.39. The van der Waals surface area contributed by atoms with Crippen LogP contribution in [0.2, 0.25) is 5.02 Å². The Morgan fingerprint density at radius 1 is 1.43 bits per heavy atom. The molecule has 0 bridgehead atoms. The average Bonchev–Trinajstić information content (AvgIpc) is 3.17. The molecule has 6 heteroatoms. The minimum atomic E-state index is -0.238. The molecule has 1 aromatic carbocycles. The molecule has 1 amide bonds. The summed E-state index contributed by atoms with van der Waals surface area (Å²) in [5.74, 6) is 0.349. The maximum Gasteiger partial charge on any atom is 0.273 e. The van der Waals surface area contributed by atoms with Crippen molar-refractivity contribution < 1.29 is 9.21 Å². The van der Waals surface area contributed by atoms with Crippen molar-refractivity contribution in [3.63, 3.8) is 0 Å². The fourth-order valence-corrected chi connectivity index (χ4v) is 2.45. The molecular weight excluding hydrogens is 290 g/mol. The molecule has 0 aliphatic carbocycles. The van der Waals surface area contributed by atoms with E-state index < -0.39 is 0 Å². The lowest BCUT2D eigenvalue weighted by molar-refractivity contribution is 0.0946. The van der Waals surface area contributed by atoms with E-state index in [2.05, 4.69) is 15.6 Å². The number of rotatable bonds is 4. The van der Waals surface area contributed by atoms with Crippen molar-refractivity contribution in [2.45, 2.75) is 25.4 Å². The van der Waals surface area contributed by atoms with Gasteiger partial charge in [-0.05, 0) is 37.1 Å². The van der Waals surface area contributed by atoms with Crippen LogP contribution in [-0.2, 0) is 6.54 Å². The molecule has 0 saturated carbocycles. The highest BCUT2D eigenvalue weighted by Crippen LogP contribution is 2.22. The number of hydrogen-bond donors (Lipinski definition) is 2. The van der Waals surface area contributed by atoms with Crippen LogP contribution in [0.15, 0.2) is 34.9 Å². The third kappa shape index (κ3) is 3.43. The SMILES string of the molecule is O=C(NCc1ccc(Cl)cc1)c1coc(C2CCCN2)n1. The Hall–Kier alpha value is -1.85. The first-order valence-corrected chi connectivity index (χ1v) is 7.31. The smallest absolute Gasteiger partial charge is 0.273 e. The molecule has 1 aromatic heterocycles. The highest BCUT2D eigenvalue weighted by Gasteiger charge is 2.22. The molecule has 21 heavy (non-hydrogen) atoms. The second-order valence-corrected chi connectivity index (χ2v) is 5.47. The van der Waals surface area contributed by atoms with Crippen molar-refractivity contribution in [2.75, 3.05) is 6.54 Å². The largest absolute Gasteiger partial charge is 0.446 e. The van der Waals surface area contributed by atoms with Gasteiger partial charge in [0, 0.05) is 11.6 Å². The van der Waals surface area contributed by atoms with Gasteiger partial charge in [-0.2, -0.15) is 0 Å². The molecule has 2 heterocycles. The van der Waals surface area contributed by atoms with Gasteiger partial charge in [-0.3, -0.25) is 4.79 Å². The van der Waals surface area contributed by atoms with Gasteiger partial charge in [0.2, 0.25) is 5.89 Å². The van der Waals surface area contributed by atoms with Gasteiger partial charge in [0.15, 0.2) is 5.69 Å². The first-order valence-electron chi connectivity index (χ1n) is 6.94. The third-order valence-corrected chi connectivity index (χ3v) is 3.73. The molecule has 3 rings (SSSR count). The highest BCUT2D eigenvalue weighted by atomic mass is 35.5. The lowest BCUT2D eigenvalue weighted by Crippen LogP contribution is -2.23. The molecule has 1 atom stereocenters. The van der Waals surface area contributed by atoms with Crippen LogP contribution in [0.3, 0.4) is 0 Å². The number of carbonyl (C=O) groups excluding carboxylic acids is 1. The van der Waals surface area contributed by atoms with E-state index in [4.69, 9.17) is 16.0 Å². The molecule has 1 aliphatic rings. The fourth-order valence-electron chi connectivity index (χ4n) is 2.32. The van der Waals surface area contributed by atoms with Gasteiger partial charge in [-0.25, -0.2) is 4.98 Å². The maximum atomic E-state index is 12.0. The van der Waals surface area contributed by atoms with E-state index in [-0.39, 0.29) is 11.9 Å². The molecule has 0 radical (unpaired) electrons. The van der Waals surface area contributed by atoms with Crippen LogP contribution in [0.4, 0.5) is 0 Å². The Balaban J connectivity index is 1.59. The number of carbonyl (C=O) groups is 1. The number of oxazole rings is 1. The maximum absolute atomic E-state index is 12.0. The Morgan fingerprint density at radius 3 is 2.95 bits per heavy atom. The average molecular weight is 306 g/mol. The van der Waals surface area contributed by atoms with Crippen molar-refractivity contribution in [2.24, 2.45) is 0 Å². The first-order chi connectivity index (χ1) is 10.2. The molecule has 2 N–H and O–H groups in total. The molecule has 2 aromatic rings. The van der Waals surface area contributed by atoms with Crippen molar-refractivity contribution in [1.82, 2.24) is 15.6 Å². The number of nitrogens with one attached hydrogen (secondary N) is 2. The molecule has 5 nitrogen and oxygen atoms in total. The molecule has 1 aliphatic heterocycles. The molecular formula is C15H16ClN3O2. The zero-order valence-electron chi connectivity index (χ0n) is 11.4. The number of amides is 1. The van der Waals surface area contributed by atoms with Gasteiger partial charge >= 0.3 is 0 Å². The quantitative estimate of drug-likeness (QED) is 0.911. The fraction of sp³-hybridized carbons (Fsp3) is 0.333. The van der Waals surface area contributed by atoms with E-state index in [1.54, 1.807) is 12.1 Å². The van der Waals surface area contributed by atoms with Gasteiger partial charge in [-0.15, -0.1) is 0 Å². The van der Waals surface area contributed by atoms with Crippen LogP contribution in [0, 0.1) is 0 Å². The summed E-state index contributed by atoms with van der Waals surface area (Å²) in [5, 5.41) is 6.78. The molecule has 1 saturated heterocycles. The van der Waals surface area contributed by atoms with Crippen LogP contribution in [0.5, 0.6) is 0 Å². The van der Waals surface area contributed by atoms with Crippen LogP contribution in [0.25, 0.3) is 0 Å². The van der Waals surface area contributed by atoms with Gasteiger partial charge in [0.05, 0.1) is 6.04 Å². The summed E-state index contributed by atoms with van der Waals surface area (Å²) in [6.45, 7) is 1.39. The minimum Gasteiger partial charge on any atom is -0.446 e. The standard InChI is InChI=1S/C15H16ClN3O2/c16-11-5-3-10(4-6-11)8-18-14(20)13-9-21-15(19-13)12-2-1-7-17-12/h3-6,9,12,17H,1-2,7-8H2,(H,18,20). The summed E-state index contributed by atoms with van der Waals surface area (Å²) in [6.07, 6.45) is 3.50. The molecule has 110 valence electrons. The number of nitrogens with zero attached hydrogens (tertiary/aromatic N) is 1. The van der Waals surface area contributed by atoms with Crippen molar-refractivity contribution in [3.8, 4) is 0 Å². The zero-order valence-corrected chi connectivity index (χ0v) is 12.2. The van der Waals surface area contributed by atoms with E-state index in [1.165, 1.54) is 6.26 Å². The van der Waals surface area contributed by atoms with Gasteiger partial charge < -0.3 is 15.1 Å². The molecule has 1 unspecified atom stereocenters. The summed E-state index contributed by atoms with van der Waals surface area (Å²) in [6, 6.07) is 7.47. The van der Waals surface area contributed by atoms with E-state index in [1.807, 2.05) is 12.1 Å². The lowest BCUT2D eigenvalue weighted by Gasteiger charge is -2.04. The van der Waals surface area contributed by atoms with Crippen LogP contribution < -0.4 is 10.6 Å². The van der Waals surface area contributed by atoms with E-state index >= 15 is 0 Å². The predicted octanol–water partition coefficient (Wildman–Crippen LogP) is 2.68. The van der Waals surface area contributed by atoms with Crippen LogP contribution >= 0.6 is 11.6 Å². The Bertz CT molecular complexity index is 618. The van der Waals surface area contributed by atoms with Gasteiger partial charge in [0.1, 0.15) is 6.26 Å². The number of aromatic nitrogens is 1. The van der Waals surface area contributed by atoms with Crippen molar-refractivity contribution in [1.29, 1.82) is 0 Å². The summed E-state index contributed by atoms with van der Waals surface area (Å²) in [7, 11) is 0. The number of benzene rings is 1. The summed E-state index contributed by atoms with van der Waals surface area (Å²) in [4.78, 5) is 16.3. The second kappa shape index (κ2) is 6.28. The zero-order chi connectivity index (χ0) is 14.7. The van der Waals surface area contributed by atoms with Crippen molar-refractivity contribution >= 4 is 17.5 Å². The van der Waals surface area contributed by atoms with Gasteiger partial charge in [0.25, 0.3) is 5.91 Å². The van der Waals surface area contributed by atoms with Crippen LogP contribution in [-0.4, -0.2) is 17.4 Å². The Morgan fingerprint density at radius 2 is 2.24 bits per heavy atom. The summed E-state index contributed by atoms with van der Waals surface area (Å²) in [5.41, 5.74) is 1.29. The highest BCUT2D eigenvalue weighted by molar-refractivity contribution is 6.30. The first kappa shape index (κ1) is 14.1.